The van der Waals surface area contributed by atoms with Gasteiger partial charge in [0.1, 0.15) is 5.75 Å². The normalized spacial score (nSPS) is 11.5. The number of nitrogens with one attached hydrogen (secondary N) is 1. The van der Waals surface area contributed by atoms with Crippen molar-refractivity contribution in [3.63, 3.8) is 0 Å². The molecule has 0 atom stereocenters. The van der Waals surface area contributed by atoms with Crippen LogP contribution >= 0.6 is 0 Å². The minimum atomic E-state index is -0.232. The smallest absolute Gasteiger partial charge is 0.271 e. The number of ether oxygens (including phenoxy) is 1. The zero-order valence-electron chi connectivity index (χ0n) is 10.7. The quantitative estimate of drug-likeness (QED) is 0.642. The lowest BCUT2D eigenvalue weighted by Gasteiger charge is -2.06. The van der Waals surface area contributed by atoms with Crippen LogP contribution in [0.1, 0.15) is 31.1 Å². The number of amides is 1. The zero-order valence-corrected chi connectivity index (χ0v) is 10.7. The molecule has 4 nitrogen and oxygen atoms in total. The number of benzene rings is 1. The molecule has 0 saturated carbocycles. The Bertz CT molecular complexity index is 425. The van der Waals surface area contributed by atoms with Gasteiger partial charge in [0.05, 0.1) is 7.11 Å². The fourth-order valence-electron chi connectivity index (χ4n) is 1.10. The van der Waals surface area contributed by atoms with Crippen LogP contribution in [0.25, 0.3) is 0 Å². The van der Waals surface area contributed by atoms with Crippen molar-refractivity contribution >= 4 is 11.6 Å². The zero-order chi connectivity index (χ0) is 12.8. The van der Waals surface area contributed by atoms with Crippen LogP contribution in [0.4, 0.5) is 0 Å². The van der Waals surface area contributed by atoms with Gasteiger partial charge in [-0.05, 0) is 31.0 Å². The number of rotatable bonds is 4. The predicted octanol–water partition coefficient (Wildman–Crippen LogP) is 2.46. The summed E-state index contributed by atoms with van der Waals surface area (Å²) in [4.78, 5) is 11.8. The van der Waals surface area contributed by atoms with Crippen molar-refractivity contribution in [3.8, 4) is 5.75 Å². The number of carbonyl (C=O) groups is 1. The first-order valence-corrected chi connectivity index (χ1v) is 5.53. The van der Waals surface area contributed by atoms with E-state index in [1.54, 1.807) is 31.4 Å². The molecule has 0 fully saturated rings. The van der Waals surface area contributed by atoms with E-state index >= 15 is 0 Å². The average molecular weight is 234 g/mol. The number of hydrogen-bond donors (Lipinski definition) is 1. The van der Waals surface area contributed by atoms with E-state index in [4.69, 9.17) is 4.74 Å². The summed E-state index contributed by atoms with van der Waals surface area (Å²) < 4.78 is 5.05. The third-order valence-electron chi connectivity index (χ3n) is 2.50. The van der Waals surface area contributed by atoms with E-state index in [0.29, 0.717) is 17.2 Å². The fraction of sp³-hybridized carbons (Fsp3) is 0.385. The lowest BCUT2D eigenvalue weighted by atomic mass is 10.1. The van der Waals surface area contributed by atoms with Crippen LogP contribution in [0.3, 0.4) is 0 Å². The summed E-state index contributed by atoms with van der Waals surface area (Å²) in [7, 11) is 1.57. The molecule has 4 heteroatoms. The highest BCUT2D eigenvalue weighted by Gasteiger charge is 2.06. The molecule has 0 radical (unpaired) electrons. The van der Waals surface area contributed by atoms with Gasteiger partial charge in [-0.3, -0.25) is 4.79 Å². The minimum Gasteiger partial charge on any atom is -0.497 e. The summed E-state index contributed by atoms with van der Waals surface area (Å²) in [6, 6.07) is 6.96. The monoisotopic (exact) mass is 234 g/mol. The Labute approximate surface area is 102 Å². The van der Waals surface area contributed by atoms with Gasteiger partial charge in [-0.2, -0.15) is 5.10 Å². The number of hydrogen-bond acceptors (Lipinski definition) is 3. The second kappa shape index (κ2) is 6.03. The summed E-state index contributed by atoms with van der Waals surface area (Å²) in [6.07, 6.45) is 0. The van der Waals surface area contributed by atoms with E-state index in [9.17, 15) is 4.79 Å². The molecular weight excluding hydrogens is 216 g/mol. The standard InChI is InChI=1S/C13H18N2O2/c1-9(2)10(3)14-15-13(16)11-6-5-7-12(8-11)17-4/h5-9H,1-4H3,(H,15,16)/b14-10-. The molecule has 0 saturated heterocycles. The van der Waals surface area contributed by atoms with Gasteiger partial charge in [0.15, 0.2) is 0 Å². The first kappa shape index (κ1) is 13.2. The van der Waals surface area contributed by atoms with Crippen LogP contribution in [0.5, 0.6) is 5.75 Å². The van der Waals surface area contributed by atoms with Gasteiger partial charge < -0.3 is 4.74 Å². The Morgan fingerprint density at radius 2 is 2.12 bits per heavy atom. The van der Waals surface area contributed by atoms with E-state index in [1.807, 2.05) is 20.8 Å². The Kier molecular flexibility index (Phi) is 4.69. The van der Waals surface area contributed by atoms with Crippen molar-refractivity contribution in [1.29, 1.82) is 0 Å². The maximum atomic E-state index is 11.8. The summed E-state index contributed by atoms with van der Waals surface area (Å²) >= 11 is 0. The van der Waals surface area contributed by atoms with Crippen molar-refractivity contribution in [3.05, 3.63) is 29.8 Å². The predicted molar refractivity (Wildman–Crippen MR) is 68.4 cm³/mol. The SMILES string of the molecule is COc1cccc(C(=O)N/N=C(/C)C(C)C)c1. The van der Waals surface area contributed by atoms with Crippen molar-refractivity contribution in [2.45, 2.75) is 20.8 Å². The van der Waals surface area contributed by atoms with Crippen LogP contribution in [0.2, 0.25) is 0 Å². The second-order valence-electron chi connectivity index (χ2n) is 4.08. The number of carbonyl (C=O) groups excluding carboxylic acids is 1. The van der Waals surface area contributed by atoms with Gasteiger partial charge in [0.2, 0.25) is 0 Å². The van der Waals surface area contributed by atoms with E-state index in [-0.39, 0.29) is 5.91 Å². The van der Waals surface area contributed by atoms with E-state index in [2.05, 4.69) is 10.5 Å². The highest BCUT2D eigenvalue weighted by molar-refractivity contribution is 5.95. The molecule has 0 aliphatic heterocycles. The van der Waals surface area contributed by atoms with Gasteiger partial charge in [-0.15, -0.1) is 0 Å². The molecule has 0 aromatic heterocycles. The lowest BCUT2D eigenvalue weighted by molar-refractivity contribution is 0.0954. The topological polar surface area (TPSA) is 50.7 Å². The van der Waals surface area contributed by atoms with Crippen molar-refractivity contribution in [1.82, 2.24) is 5.43 Å². The molecule has 1 aromatic rings. The van der Waals surface area contributed by atoms with Crippen LogP contribution in [-0.2, 0) is 0 Å². The molecule has 1 amide bonds. The molecule has 0 spiro atoms. The second-order valence-corrected chi connectivity index (χ2v) is 4.08. The van der Waals surface area contributed by atoms with E-state index in [1.165, 1.54) is 0 Å². The van der Waals surface area contributed by atoms with Crippen LogP contribution < -0.4 is 10.2 Å². The minimum absolute atomic E-state index is 0.232. The third kappa shape index (κ3) is 3.90. The largest absolute Gasteiger partial charge is 0.497 e. The summed E-state index contributed by atoms with van der Waals surface area (Å²) in [5.74, 6) is 0.742. The van der Waals surface area contributed by atoms with Crippen LogP contribution in [0, 0.1) is 5.92 Å². The van der Waals surface area contributed by atoms with Gasteiger partial charge in [0, 0.05) is 11.3 Å². The maximum Gasteiger partial charge on any atom is 0.271 e. The fourth-order valence-corrected chi connectivity index (χ4v) is 1.10. The number of methoxy groups -OCH3 is 1. The Morgan fingerprint density at radius 3 is 2.71 bits per heavy atom. The Hall–Kier alpha value is -1.84. The van der Waals surface area contributed by atoms with Gasteiger partial charge in [-0.25, -0.2) is 5.43 Å². The molecular formula is C13H18N2O2. The van der Waals surface area contributed by atoms with Crippen molar-refractivity contribution in [2.75, 3.05) is 7.11 Å². The molecule has 17 heavy (non-hydrogen) atoms. The first-order valence-electron chi connectivity index (χ1n) is 5.53. The molecule has 0 aliphatic rings. The highest BCUT2D eigenvalue weighted by Crippen LogP contribution is 2.12. The summed E-state index contributed by atoms with van der Waals surface area (Å²) in [5.41, 5.74) is 3.95. The summed E-state index contributed by atoms with van der Waals surface area (Å²) in [6.45, 7) is 5.93. The Morgan fingerprint density at radius 1 is 1.41 bits per heavy atom. The molecule has 1 N–H and O–H groups in total. The number of hydrazone groups is 1. The molecule has 0 aliphatic carbocycles. The molecule has 0 bridgehead atoms. The molecule has 0 heterocycles. The van der Waals surface area contributed by atoms with E-state index in [0.717, 1.165) is 5.71 Å². The molecule has 92 valence electrons. The lowest BCUT2D eigenvalue weighted by Crippen LogP contribution is -2.20. The van der Waals surface area contributed by atoms with Crippen molar-refractivity contribution in [2.24, 2.45) is 11.0 Å². The van der Waals surface area contributed by atoms with Crippen molar-refractivity contribution < 1.29 is 9.53 Å². The Balaban J connectivity index is 2.73. The van der Waals surface area contributed by atoms with Gasteiger partial charge >= 0.3 is 0 Å². The molecule has 1 aromatic carbocycles. The number of nitrogens with zero attached hydrogens (tertiary/aromatic N) is 1. The van der Waals surface area contributed by atoms with E-state index < -0.39 is 0 Å². The third-order valence-corrected chi connectivity index (χ3v) is 2.50. The van der Waals surface area contributed by atoms with Gasteiger partial charge in [-0.1, -0.05) is 19.9 Å². The highest BCUT2D eigenvalue weighted by atomic mass is 16.5. The first-order chi connectivity index (χ1) is 8.04. The van der Waals surface area contributed by atoms with Gasteiger partial charge in [0.25, 0.3) is 5.91 Å². The molecule has 0 unspecified atom stereocenters. The average Bonchev–Trinajstić information content (AvgIpc) is 2.35. The molecule has 1 rings (SSSR count). The van der Waals surface area contributed by atoms with Crippen LogP contribution in [0.15, 0.2) is 29.4 Å². The maximum absolute atomic E-state index is 11.8. The summed E-state index contributed by atoms with van der Waals surface area (Å²) in [5, 5.41) is 4.03. The van der Waals surface area contributed by atoms with Crippen LogP contribution in [-0.4, -0.2) is 18.7 Å².